The molecule has 1 heterocycles. The van der Waals surface area contributed by atoms with Gasteiger partial charge in [0.25, 0.3) is 0 Å². The Morgan fingerprint density at radius 3 is 1.33 bits per heavy atom. The molecule has 1 aliphatic heterocycles. The Hall–Kier alpha value is -1.56. The van der Waals surface area contributed by atoms with E-state index in [4.69, 9.17) is 18.9 Å². The number of ether oxygens (including phenoxy) is 4. The molecule has 0 spiro atoms. The van der Waals surface area contributed by atoms with E-state index in [9.17, 15) is 30.0 Å². The van der Waals surface area contributed by atoms with Gasteiger partial charge < -0.3 is 39.4 Å². The summed E-state index contributed by atoms with van der Waals surface area (Å²) in [5.74, 6) is -0.804. The van der Waals surface area contributed by atoms with Crippen molar-refractivity contribution in [1.29, 1.82) is 0 Å². The third-order valence-corrected chi connectivity index (χ3v) is 11.9. The van der Waals surface area contributed by atoms with E-state index in [1.165, 1.54) is 148 Å². The average molecular weight is 855 g/mol. The Morgan fingerprint density at radius 2 is 0.883 bits per heavy atom. The molecule has 2 unspecified atom stereocenters. The first-order chi connectivity index (χ1) is 29.3. The van der Waals surface area contributed by atoms with Crippen LogP contribution >= 0.6 is 0 Å². The van der Waals surface area contributed by atoms with Crippen molar-refractivity contribution in [3.8, 4) is 0 Å². The van der Waals surface area contributed by atoms with Gasteiger partial charge in [-0.25, -0.2) is 0 Å². The fourth-order valence-corrected chi connectivity index (χ4v) is 7.89. The zero-order valence-electron chi connectivity index (χ0n) is 38.7. The highest BCUT2D eigenvalue weighted by Gasteiger charge is 2.44. The summed E-state index contributed by atoms with van der Waals surface area (Å²) in [4.78, 5) is 25.4. The Bertz CT molecular complexity index is 990. The zero-order chi connectivity index (χ0) is 43.7. The SMILES string of the molecule is CCCCC/C=C/CCCCCCCC(=O)O[C@@H](COC(=O)CCCCCCCCCCCCCCCCCCCCCCCCC)CO[C@H]1O[C@@H](CO)[C@@H](O)C(O)C1O. The molecule has 0 aromatic rings. The monoisotopic (exact) mass is 855 g/mol. The number of carbonyl (C=O) groups excluding carboxylic acids is 2. The van der Waals surface area contributed by atoms with Crippen LogP contribution in [0, 0.1) is 0 Å². The van der Waals surface area contributed by atoms with Crippen molar-refractivity contribution in [3.05, 3.63) is 12.2 Å². The number of allylic oxidation sites excluding steroid dienone is 2. The number of hydrogen-bond acceptors (Lipinski definition) is 10. The Morgan fingerprint density at radius 1 is 0.500 bits per heavy atom. The van der Waals surface area contributed by atoms with Crippen LogP contribution < -0.4 is 0 Å². The summed E-state index contributed by atoms with van der Waals surface area (Å²) in [6.07, 6.45) is 38.0. The predicted molar refractivity (Wildman–Crippen MR) is 243 cm³/mol. The van der Waals surface area contributed by atoms with Crippen molar-refractivity contribution in [1.82, 2.24) is 0 Å². The van der Waals surface area contributed by atoms with Crippen LogP contribution in [-0.2, 0) is 28.5 Å². The van der Waals surface area contributed by atoms with Gasteiger partial charge in [0.2, 0.25) is 0 Å². The van der Waals surface area contributed by atoms with Crippen LogP contribution in [0.15, 0.2) is 12.2 Å². The molecule has 0 aliphatic carbocycles. The molecule has 1 saturated heterocycles. The topological polar surface area (TPSA) is 152 Å². The number of unbranched alkanes of at least 4 members (excludes halogenated alkanes) is 30. The maximum atomic E-state index is 12.8. The molecule has 4 N–H and O–H groups in total. The van der Waals surface area contributed by atoms with Gasteiger partial charge in [-0.05, 0) is 38.5 Å². The van der Waals surface area contributed by atoms with Gasteiger partial charge in [-0.2, -0.15) is 0 Å². The summed E-state index contributed by atoms with van der Waals surface area (Å²) in [5, 5.41) is 40.1. The van der Waals surface area contributed by atoms with Gasteiger partial charge in [0.1, 0.15) is 31.0 Å². The summed E-state index contributed by atoms with van der Waals surface area (Å²) >= 11 is 0. The number of rotatable bonds is 43. The molecule has 10 nitrogen and oxygen atoms in total. The summed E-state index contributed by atoms with van der Waals surface area (Å²) in [5.41, 5.74) is 0. The molecule has 1 rings (SSSR count). The normalized spacial score (nSPS) is 19.9. The molecule has 0 aromatic carbocycles. The lowest BCUT2D eigenvalue weighted by atomic mass is 9.99. The Labute approximate surface area is 367 Å². The first kappa shape index (κ1) is 56.5. The number of esters is 2. The molecule has 60 heavy (non-hydrogen) atoms. The highest BCUT2D eigenvalue weighted by atomic mass is 16.7. The van der Waals surface area contributed by atoms with Crippen LogP contribution in [0.5, 0.6) is 0 Å². The molecule has 6 atom stereocenters. The second kappa shape index (κ2) is 41.5. The van der Waals surface area contributed by atoms with Crippen LogP contribution in [0.3, 0.4) is 0 Å². The summed E-state index contributed by atoms with van der Waals surface area (Å²) in [6.45, 7) is 3.42. The van der Waals surface area contributed by atoms with Crippen molar-refractivity contribution in [2.45, 2.75) is 275 Å². The highest BCUT2D eigenvalue weighted by Crippen LogP contribution is 2.23. The smallest absolute Gasteiger partial charge is 0.306 e. The standard InChI is InChI=1S/C50H94O10/c1-3-5-7-9-11-13-15-17-18-19-20-21-22-23-24-25-26-27-29-30-32-34-36-38-45(52)57-41-43(42-58-50-49(56)48(55)47(54)44(40-51)60-50)59-46(53)39-37-35-33-31-28-16-14-12-10-8-6-4-2/h12,14,43-44,47-51,54-56H,3-11,13,15-42H2,1-2H3/b14-12+/t43-,44-,47+,48?,49?,50-/m0/s1. The molecular formula is C50H94O10. The van der Waals surface area contributed by atoms with Gasteiger partial charge in [0.15, 0.2) is 12.4 Å². The lowest BCUT2D eigenvalue weighted by Crippen LogP contribution is -2.59. The van der Waals surface area contributed by atoms with E-state index in [0.717, 1.165) is 57.8 Å². The number of aliphatic hydroxyl groups is 4. The third kappa shape index (κ3) is 32.2. The minimum absolute atomic E-state index is 0.215. The largest absolute Gasteiger partial charge is 0.462 e. The van der Waals surface area contributed by atoms with Crippen LogP contribution in [0.4, 0.5) is 0 Å². The third-order valence-electron chi connectivity index (χ3n) is 11.9. The summed E-state index contributed by atoms with van der Waals surface area (Å²) in [6, 6.07) is 0. The van der Waals surface area contributed by atoms with E-state index in [-0.39, 0.29) is 32.0 Å². The molecule has 10 heteroatoms. The summed E-state index contributed by atoms with van der Waals surface area (Å²) < 4.78 is 22.2. The molecular weight excluding hydrogens is 761 g/mol. The molecule has 1 fully saturated rings. The molecule has 0 bridgehead atoms. The molecule has 0 radical (unpaired) electrons. The summed E-state index contributed by atoms with van der Waals surface area (Å²) in [7, 11) is 0. The van der Waals surface area contributed by atoms with Crippen molar-refractivity contribution < 1.29 is 49.0 Å². The van der Waals surface area contributed by atoms with E-state index in [2.05, 4.69) is 26.0 Å². The van der Waals surface area contributed by atoms with Crippen LogP contribution in [-0.4, -0.2) is 89.0 Å². The lowest BCUT2D eigenvalue weighted by molar-refractivity contribution is -0.305. The van der Waals surface area contributed by atoms with Crippen molar-refractivity contribution in [3.63, 3.8) is 0 Å². The van der Waals surface area contributed by atoms with E-state index in [1.54, 1.807) is 0 Å². The van der Waals surface area contributed by atoms with Gasteiger partial charge in [0, 0.05) is 12.8 Å². The maximum Gasteiger partial charge on any atom is 0.306 e. The first-order valence-corrected chi connectivity index (χ1v) is 25.3. The van der Waals surface area contributed by atoms with Crippen LogP contribution in [0.2, 0.25) is 0 Å². The van der Waals surface area contributed by atoms with Gasteiger partial charge in [-0.3, -0.25) is 9.59 Å². The second-order valence-corrected chi connectivity index (χ2v) is 17.6. The molecule has 354 valence electrons. The number of aliphatic hydroxyl groups excluding tert-OH is 4. The highest BCUT2D eigenvalue weighted by molar-refractivity contribution is 5.70. The van der Waals surface area contributed by atoms with E-state index < -0.39 is 49.4 Å². The van der Waals surface area contributed by atoms with Crippen molar-refractivity contribution >= 4 is 11.9 Å². The molecule has 0 saturated carbocycles. The Balaban J connectivity index is 2.20. The molecule has 0 aromatic heterocycles. The predicted octanol–water partition coefficient (Wildman–Crippen LogP) is 11.5. The second-order valence-electron chi connectivity index (χ2n) is 17.6. The van der Waals surface area contributed by atoms with Crippen LogP contribution in [0.1, 0.15) is 239 Å². The van der Waals surface area contributed by atoms with Gasteiger partial charge >= 0.3 is 11.9 Å². The van der Waals surface area contributed by atoms with Gasteiger partial charge in [0.05, 0.1) is 13.2 Å². The van der Waals surface area contributed by atoms with Crippen molar-refractivity contribution in [2.24, 2.45) is 0 Å². The van der Waals surface area contributed by atoms with E-state index in [0.29, 0.717) is 6.42 Å². The van der Waals surface area contributed by atoms with E-state index in [1.807, 2.05) is 0 Å². The zero-order valence-corrected chi connectivity index (χ0v) is 38.7. The van der Waals surface area contributed by atoms with E-state index >= 15 is 0 Å². The minimum Gasteiger partial charge on any atom is -0.462 e. The quantitative estimate of drug-likeness (QED) is 0.0265. The average Bonchev–Trinajstić information content (AvgIpc) is 3.25. The lowest BCUT2D eigenvalue weighted by Gasteiger charge is -2.39. The minimum atomic E-state index is -1.59. The number of hydrogen-bond donors (Lipinski definition) is 4. The Kier molecular flexibility index (Phi) is 39.0. The maximum absolute atomic E-state index is 12.8. The van der Waals surface area contributed by atoms with Gasteiger partial charge in [-0.1, -0.05) is 199 Å². The van der Waals surface area contributed by atoms with Crippen molar-refractivity contribution in [2.75, 3.05) is 19.8 Å². The van der Waals surface area contributed by atoms with Gasteiger partial charge in [-0.15, -0.1) is 0 Å². The fraction of sp³-hybridized carbons (Fsp3) is 0.920. The van der Waals surface area contributed by atoms with Crippen LogP contribution in [0.25, 0.3) is 0 Å². The molecule has 0 amide bonds. The first-order valence-electron chi connectivity index (χ1n) is 25.3. The number of carbonyl (C=O) groups is 2. The molecule has 1 aliphatic rings. The fourth-order valence-electron chi connectivity index (χ4n) is 7.89.